The average Bonchev–Trinajstić information content (AvgIpc) is 2.81. The van der Waals surface area contributed by atoms with Crippen molar-refractivity contribution >= 4 is 11.8 Å². The molecule has 1 aliphatic carbocycles. The maximum absolute atomic E-state index is 13.8. The Bertz CT molecular complexity index is 1100. The molecule has 1 aliphatic rings. The first-order chi connectivity index (χ1) is 17.8. The Labute approximate surface area is 224 Å². The highest BCUT2D eigenvalue weighted by Crippen LogP contribution is 2.39. The van der Waals surface area contributed by atoms with E-state index in [2.05, 4.69) is 54.9 Å². The highest BCUT2D eigenvalue weighted by molar-refractivity contribution is 5.73. The molecule has 0 saturated heterocycles. The summed E-state index contributed by atoms with van der Waals surface area (Å²) in [7, 11) is 0. The van der Waals surface area contributed by atoms with Gasteiger partial charge in [0.15, 0.2) is 0 Å². The number of rotatable bonds is 9. The molecular weight excluding hydrogens is 488 g/mol. The normalized spacial score (nSPS) is 21.4. The number of benzene rings is 2. The Balaban J connectivity index is 1.84. The van der Waals surface area contributed by atoms with E-state index in [-0.39, 0.29) is 36.2 Å². The van der Waals surface area contributed by atoms with Crippen LogP contribution in [0.4, 0.5) is 8.78 Å². The van der Waals surface area contributed by atoms with Crippen LogP contribution in [0.1, 0.15) is 77.0 Å². The van der Waals surface area contributed by atoms with Gasteiger partial charge in [0.2, 0.25) is 11.8 Å². The number of hydrogen-bond donors (Lipinski definition) is 4. The molecular formula is C30H41F2N3O3. The fraction of sp³-hybridized carbons (Fsp3) is 0.533. The van der Waals surface area contributed by atoms with Crippen LogP contribution in [0.25, 0.3) is 0 Å². The Morgan fingerprint density at radius 2 is 1.66 bits per heavy atom. The minimum atomic E-state index is -1.01. The van der Waals surface area contributed by atoms with Crippen LogP contribution >= 0.6 is 0 Å². The van der Waals surface area contributed by atoms with Crippen LogP contribution in [-0.2, 0) is 27.0 Å². The summed E-state index contributed by atoms with van der Waals surface area (Å²) < 4.78 is 27.5. The zero-order chi connectivity index (χ0) is 28.1. The van der Waals surface area contributed by atoms with Gasteiger partial charge in [-0.2, -0.15) is 0 Å². The van der Waals surface area contributed by atoms with Gasteiger partial charge in [-0.25, -0.2) is 8.78 Å². The van der Waals surface area contributed by atoms with Crippen molar-refractivity contribution in [3.05, 3.63) is 70.8 Å². The predicted molar refractivity (Wildman–Crippen MR) is 145 cm³/mol. The second-order valence-corrected chi connectivity index (χ2v) is 11.6. The maximum Gasteiger partial charge on any atom is 0.217 e. The van der Waals surface area contributed by atoms with Crippen molar-refractivity contribution < 1.29 is 23.5 Å². The molecule has 0 aliphatic heterocycles. The standard InChI is InChI=1S/C30H41F2N3O3/c1-19(36)34-26-9-11-30(12-10-26,23-8-6-7-22(16-23)29(3,4)5)33-18-28(38)27(35-20(2)37)15-21-13-24(31)17-25(32)14-21/h6-8,13-14,16-17,26-28,33,38H,9-12,15,18H2,1-5H3,(H,34,36)(H,35,37). The quantitative estimate of drug-likeness (QED) is 0.391. The van der Waals surface area contributed by atoms with Crippen molar-refractivity contribution in [3.63, 3.8) is 0 Å². The summed E-state index contributed by atoms with van der Waals surface area (Å²) >= 11 is 0. The molecule has 0 heterocycles. The SMILES string of the molecule is CC(=O)NC1CCC(NCC(O)C(Cc2cc(F)cc(F)c2)NC(C)=O)(c2cccc(C(C)(C)C)c2)CC1. The van der Waals surface area contributed by atoms with Gasteiger partial charge in [-0.05, 0) is 66.3 Å². The molecule has 0 radical (unpaired) electrons. The second-order valence-electron chi connectivity index (χ2n) is 11.6. The van der Waals surface area contributed by atoms with Gasteiger partial charge in [0.05, 0.1) is 12.1 Å². The lowest BCUT2D eigenvalue weighted by Gasteiger charge is -2.43. The van der Waals surface area contributed by atoms with Crippen molar-refractivity contribution in [3.8, 4) is 0 Å². The summed E-state index contributed by atoms with van der Waals surface area (Å²) in [5.74, 6) is -1.80. The van der Waals surface area contributed by atoms with E-state index in [1.54, 1.807) is 0 Å². The highest BCUT2D eigenvalue weighted by atomic mass is 19.1. The first kappa shape index (κ1) is 29.7. The molecule has 2 atom stereocenters. The number of amides is 2. The molecule has 4 N–H and O–H groups in total. The predicted octanol–water partition coefficient (Wildman–Crippen LogP) is 4.23. The number of carbonyl (C=O) groups is 2. The number of aliphatic hydroxyl groups is 1. The minimum absolute atomic E-state index is 0.0408. The van der Waals surface area contributed by atoms with Gasteiger partial charge in [0.1, 0.15) is 11.6 Å². The summed E-state index contributed by atoms with van der Waals surface area (Å²) in [6, 6.07) is 11.0. The van der Waals surface area contributed by atoms with Crippen LogP contribution < -0.4 is 16.0 Å². The smallest absolute Gasteiger partial charge is 0.217 e. The summed E-state index contributed by atoms with van der Waals surface area (Å²) in [6.07, 6.45) is 2.12. The number of halogens is 2. The molecule has 2 unspecified atom stereocenters. The third-order valence-corrected chi connectivity index (χ3v) is 7.41. The molecule has 8 heteroatoms. The Hall–Kier alpha value is -2.84. The van der Waals surface area contributed by atoms with Gasteiger partial charge in [-0.1, -0.05) is 45.0 Å². The first-order valence-corrected chi connectivity index (χ1v) is 13.3. The number of hydrogen-bond acceptors (Lipinski definition) is 4. The van der Waals surface area contributed by atoms with Crippen LogP contribution in [0.15, 0.2) is 42.5 Å². The molecule has 6 nitrogen and oxygen atoms in total. The van der Waals surface area contributed by atoms with Crippen LogP contribution in [0.5, 0.6) is 0 Å². The van der Waals surface area contributed by atoms with Crippen molar-refractivity contribution in [1.82, 2.24) is 16.0 Å². The summed E-state index contributed by atoms with van der Waals surface area (Å²) in [5, 5.41) is 20.6. The molecule has 1 saturated carbocycles. The van der Waals surface area contributed by atoms with E-state index in [1.807, 2.05) is 6.07 Å². The number of carbonyl (C=O) groups excluding carboxylic acids is 2. The molecule has 0 bridgehead atoms. The van der Waals surface area contributed by atoms with E-state index in [0.717, 1.165) is 37.3 Å². The maximum atomic E-state index is 13.8. The molecule has 2 aromatic rings. The molecule has 2 amide bonds. The van der Waals surface area contributed by atoms with E-state index >= 15 is 0 Å². The topological polar surface area (TPSA) is 90.5 Å². The zero-order valence-electron chi connectivity index (χ0n) is 23.0. The van der Waals surface area contributed by atoms with Gasteiger partial charge in [0.25, 0.3) is 0 Å². The van der Waals surface area contributed by atoms with Crippen molar-refractivity contribution in [2.24, 2.45) is 0 Å². The fourth-order valence-corrected chi connectivity index (χ4v) is 5.36. The lowest BCUT2D eigenvalue weighted by Crippen LogP contribution is -2.54. The Kier molecular flexibility index (Phi) is 9.65. The number of nitrogens with one attached hydrogen (secondary N) is 3. The molecule has 208 valence electrons. The Morgan fingerprint density at radius 3 is 2.21 bits per heavy atom. The largest absolute Gasteiger partial charge is 0.390 e. The van der Waals surface area contributed by atoms with Gasteiger partial charge >= 0.3 is 0 Å². The first-order valence-electron chi connectivity index (χ1n) is 13.3. The minimum Gasteiger partial charge on any atom is -0.390 e. The van der Waals surface area contributed by atoms with E-state index in [4.69, 9.17) is 0 Å². The monoisotopic (exact) mass is 529 g/mol. The molecule has 2 aromatic carbocycles. The van der Waals surface area contributed by atoms with Gasteiger partial charge < -0.3 is 21.1 Å². The van der Waals surface area contributed by atoms with Crippen LogP contribution in [-0.4, -0.2) is 41.7 Å². The van der Waals surface area contributed by atoms with Crippen LogP contribution in [0, 0.1) is 11.6 Å². The van der Waals surface area contributed by atoms with Gasteiger partial charge in [-0.15, -0.1) is 0 Å². The summed E-state index contributed by atoms with van der Waals surface area (Å²) in [4.78, 5) is 23.5. The van der Waals surface area contributed by atoms with E-state index in [9.17, 15) is 23.5 Å². The lowest BCUT2D eigenvalue weighted by molar-refractivity contribution is -0.121. The number of aliphatic hydroxyl groups excluding tert-OH is 1. The van der Waals surface area contributed by atoms with E-state index in [0.29, 0.717) is 5.56 Å². The van der Waals surface area contributed by atoms with Crippen molar-refractivity contribution in [2.75, 3.05) is 6.54 Å². The lowest BCUT2D eigenvalue weighted by atomic mass is 9.73. The molecule has 0 aromatic heterocycles. The fourth-order valence-electron chi connectivity index (χ4n) is 5.36. The molecule has 3 rings (SSSR count). The zero-order valence-corrected chi connectivity index (χ0v) is 23.0. The summed E-state index contributed by atoms with van der Waals surface area (Å²) in [6.45, 7) is 9.52. The summed E-state index contributed by atoms with van der Waals surface area (Å²) in [5.41, 5.74) is 2.18. The Morgan fingerprint density at radius 1 is 1.03 bits per heavy atom. The third kappa shape index (κ3) is 8.08. The highest BCUT2D eigenvalue weighted by Gasteiger charge is 2.38. The van der Waals surface area contributed by atoms with Crippen LogP contribution in [0.2, 0.25) is 0 Å². The molecule has 38 heavy (non-hydrogen) atoms. The van der Waals surface area contributed by atoms with E-state index < -0.39 is 29.3 Å². The second kappa shape index (κ2) is 12.3. The van der Waals surface area contributed by atoms with Gasteiger partial charge in [-0.3, -0.25) is 9.59 Å². The van der Waals surface area contributed by atoms with Crippen molar-refractivity contribution in [1.29, 1.82) is 0 Å². The molecule has 1 fully saturated rings. The van der Waals surface area contributed by atoms with Crippen LogP contribution in [0.3, 0.4) is 0 Å². The molecule has 0 spiro atoms. The average molecular weight is 530 g/mol. The van der Waals surface area contributed by atoms with E-state index in [1.165, 1.54) is 31.5 Å². The third-order valence-electron chi connectivity index (χ3n) is 7.41. The van der Waals surface area contributed by atoms with Crippen molar-refractivity contribution in [2.45, 2.75) is 95.9 Å². The van der Waals surface area contributed by atoms with Gasteiger partial charge in [0, 0.05) is 38.0 Å².